The van der Waals surface area contributed by atoms with E-state index < -0.39 is 35.8 Å². The van der Waals surface area contributed by atoms with Crippen molar-refractivity contribution in [3.63, 3.8) is 0 Å². The highest BCUT2D eigenvalue weighted by atomic mass is 19.2. The Kier molecular flexibility index (Phi) is 2.97. The third-order valence-corrected chi connectivity index (χ3v) is 1.76. The van der Waals surface area contributed by atoms with Gasteiger partial charge in [0.2, 0.25) is 5.82 Å². The summed E-state index contributed by atoms with van der Waals surface area (Å²) in [5.74, 6) is -6.01. The molecule has 0 unspecified atom stereocenters. The molecule has 0 saturated carbocycles. The number of aromatic hydroxyl groups is 1. The zero-order valence-electron chi connectivity index (χ0n) is 6.97. The predicted molar refractivity (Wildman–Crippen MR) is 42.0 cm³/mol. The summed E-state index contributed by atoms with van der Waals surface area (Å²) in [5.41, 5.74) is 4.85. The maximum Gasteiger partial charge on any atom is 0.203 e. The molecule has 6 heteroatoms. The molecule has 14 heavy (non-hydrogen) atoms. The van der Waals surface area contributed by atoms with E-state index in [2.05, 4.69) is 0 Å². The summed E-state index contributed by atoms with van der Waals surface area (Å²) in [6.45, 7) is -0.613. The molecule has 1 aromatic rings. The molecule has 1 rings (SSSR count). The van der Waals surface area contributed by atoms with Crippen molar-refractivity contribution in [1.29, 1.82) is 0 Å². The van der Waals surface area contributed by atoms with Crippen molar-refractivity contribution in [1.82, 2.24) is 0 Å². The number of nitrogens with two attached hydrogens (primary N) is 1. The second-order valence-corrected chi connectivity index (χ2v) is 2.71. The topological polar surface area (TPSA) is 66.5 Å². The maximum atomic E-state index is 12.7. The van der Waals surface area contributed by atoms with Gasteiger partial charge in [0.05, 0.1) is 12.6 Å². The van der Waals surface area contributed by atoms with Gasteiger partial charge in [0.1, 0.15) is 0 Å². The molecule has 0 aliphatic heterocycles. The monoisotopic (exact) mass is 207 g/mol. The van der Waals surface area contributed by atoms with E-state index >= 15 is 0 Å². The lowest BCUT2D eigenvalue weighted by atomic mass is 10.1. The van der Waals surface area contributed by atoms with Gasteiger partial charge in [0.15, 0.2) is 17.4 Å². The van der Waals surface area contributed by atoms with Crippen LogP contribution in [0.3, 0.4) is 0 Å². The van der Waals surface area contributed by atoms with E-state index in [1.165, 1.54) is 0 Å². The lowest BCUT2D eigenvalue weighted by Crippen LogP contribution is -2.16. The van der Waals surface area contributed by atoms with Gasteiger partial charge in [-0.3, -0.25) is 0 Å². The van der Waals surface area contributed by atoms with Crippen LogP contribution in [0, 0.1) is 17.5 Å². The van der Waals surface area contributed by atoms with Crippen LogP contribution in [0.5, 0.6) is 5.75 Å². The quantitative estimate of drug-likeness (QED) is 0.628. The molecule has 0 spiro atoms. The Labute approximate surface area is 77.6 Å². The molecule has 4 N–H and O–H groups in total. The molecule has 1 atom stereocenters. The van der Waals surface area contributed by atoms with Crippen molar-refractivity contribution >= 4 is 0 Å². The molecule has 0 heterocycles. The fourth-order valence-electron chi connectivity index (χ4n) is 0.985. The lowest BCUT2D eigenvalue weighted by Gasteiger charge is -2.11. The van der Waals surface area contributed by atoms with E-state index in [4.69, 9.17) is 15.9 Å². The van der Waals surface area contributed by atoms with Crippen LogP contribution in [0.25, 0.3) is 0 Å². The Morgan fingerprint density at radius 2 is 1.86 bits per heavy atom. The average Bonchev–Trinajstić information content (AvgIpc) is 2.19. The first-order valence-electron chi connectivity index (χ1n) is 3.71. The Bertz CT molecular complexity index is 357. The second-order valence-electron chi connectivity index (χ2n) is 2.71. The molecule has 0 radical (unpaired) electrons. The van der Waals surface area contributed by atoms with E-state index in [1.807, 2.05) is 0 Å². The number of rotatable bonds is 2. The normalized spacial score (nSPS) is 12.9. The molecular weight excluding hydrogens is 199 g/mol. The standard InChI is InChI=1S/C8H8F3NO2/c9-4-1-3(5(12)2-13)8(14)7(11)6(4)10/h1,5,13-14H,2,12H2/t5-/m1/s1. The number of hydrogen-bond acceptors (Lipinski definition) is 3. The van der Waals surface area contributed by atoms with Crippen LogP contribution in [0.2, 0.25) is 0 Å². The van der Waals surface area contributed by atoms with E-state index in [9.17, 15) is 13.2 Å². The van der Waals surface area contributed by atoms with Gasteiger partial charge >= 0.3 is 0 Å². The number of aliphatic hydroxyl groups is 1. The van der Waals surface area contributed by atoms with E-state index in [1.54, 1.807) is 0 Å². The molecule has 3 nitrogen and oxygen atoms in total. The van der Waals surface area contributed by atoms with Gasteiger partial charge in [-0.05, 0) is 6.07 Å². The highest BCUT2D eigenvalue weighted by Gasteiger charge is 2.21. The highest BCUT2D eigenvalue weighted by molar-refractivity contribution is 5.37. The summed E-state index contributed by atoms with van der Waals surface area (Å²) < 4.78 is 37.9. The highest BCUT2D eigenvalue weighted by Crippen LogP contribution is 2.29. The Morgan fingerprint density at radius 3 is 2.36 bits per heavy atom. The van der Waals surface area contributed by atoms with Crippen LogP contribution in [0.4, 0.5) is 13.2 Å². The van der Waals surface area contributed by atoms with Gasteiger partial charge in [0, 0.05) is 5.56 Å². The first-order chi connectivity index (χ1) is 6.49. The maximum absolute atomic E-state index is 12.7. The minimum absolute atomic E-state index is 0.371. The number of aliphatic hydroxyl groups excluding tert-OH is 1. The molecule has 0 aliphatic rings. The third-order valence-electron chi connectivity index (χ3n) is 1.76. The van der Waals surface area contributed by atoms with Crippen molar-refractivity contribution in [2.45, 2.75) is 6.04 Å². The largest absolute Gasteiger partial charge is 0.505 e. The van der Waals surface area contributed by atoms with Gasteiger partial charge in [0.25, 0.3) is 0 Å². The van der Waals surface area contributed by atoms with Crippen molar-refractivity contribution in [2.24, 2.45) is 5.73 Å². The van der Waals surface area contributed by atoms with Crippen molar-refractivity contribution < 1.29 is 23.4 Å². The minimum atomic E-state index is -1.77. The third kappa shape index (κ3) is 1.66. The smallest absolute Gasteiger partial charge is 0.203 e. The van der Waals surface area contributed by atoms with Gasteiger partial charge in [-0.2, -0.15) is 4.39 Å². The molecule has 1 aromatic carbocycles. The molecule has 0 amide bonds. The van der Waals surface area contributed by atoms with Crippen molar-refractivity contribution in [2.75, 3.05) is 6.61 Å². The van der Waals surface area contributed by atoms with E-state index in [0.29, 0.717) is 6.07 Å². The summed E-state index contributed by atoms with van der Waals surface area (Å²) in [5, 5.41) is 17.6. The summed E-state index contributed by atoms with van der Waals surface area (Å²) in [6.07, 6.45) is 0. The molecule has 0 saturated heterocycles. The van der Waals surface area contributed by atoms with Gasteiger partial charge in [-0.15, -0.1) is 0 Å². The summed E-state index contributed by atoms with van der Waals surface area (Å²) in [6, 6.07) is -0.603. The summed E-state index contributed by atoms with van der Waals surface area (Å²) >= 11 is 0. The van der Waals surface area contributed by atoms with Crippen LogP contribution in [-0.2, 0) is 0 Å². The predicted octanol–water partition coefficient (Wildman–Crippen LogP) is 0.802. The number of hydrogen-bond donors (Lipinski definition) is 3. The Morgan fingerprint density at radius 1 is 1.29 bits per heavy atom. The van der Waals surface area contributed by atoms with Crippen molar-refractivity contribution in [3.05, 3.63) is 29.1 Å². The first-order valence-corrected chi connectivity index (χ1v) is 3.71. The molecule has 0 bridgehead atoms. The van der Waals surface area contributed by atoms with Gasteiger partial charge in [-0.25, -0.2) is 8.78 Å². The van der Waals surface area contributed by atoms with Crippen LogP contribution in [0.15, 0.2) is 6.07 Å². The number of halogens is 3. The average molecular weight is 207 g/mol. The summed E-state index contributed by atoms with van der Waals surface area (Å²) in [4.78, 5) is 0. The summed E-state index contributed by atoms with van der Waals surface area (Å²) in [7, 11) is 0. The van der Waals surface area contributed by atoms with Crippen LogP contribution >= 0.6 is 0 Å². The Hall–Kier alpha value is -1.27. The SMILES string of the molecule is N[C@H](CO)c1cc(F)c(F)c(F)c1O. The zero-order chi connectivity index (χ0) is 10.9. The van der Waals surface area contributed by atoms with Gasteiger partial charge in [-0.1, -0.05) is 0 Å². The number of phenols is 1. The number of phenolic OH excluding ortho intramolecular Hbond substituents is 1. The fraction of sp³-hybridized carbons (Fsp3) is 0.250. The fourth-order valence-corrected chi connectivity index (χ4v) is 0.985. The zero-order valence-corrected chi connectivity index (χ0v) is 6.97. The number of benzene rings is 1. The Balaban J connectivity index is 3.33. The molecule has 78 valence electrons. The van der Waals surface area contributed by atoms with Crippen molar-refractivity contribution in [3.8, 4) is 5.75 Å². The van der Waals surface area contributed by atoms with Crippen LogP contribution in [0.1, 0.15) is 11.6 Å². The molecule has 0 aromatic heterocycles. The van der Waals surface area contributed by atoms with E-state index in [0.717, 1.165) is 0 Å². The van der Waals surface area contributed by atoms with Crippen LogP contribution < -0.4 is 5.73 Å². The minimum Gasteiger partial charge on any atom is -0.505 e. The molecule has 0 fully saturated rings. The molecular formula is C8H8F3NO2. The van der Waals surface area contributed by atoms with Gasteiger partial charge < -0.3 is 15.9 Å². The lowest BCUT2D eigenvalue weighted by molar-refractivity contribution is 0.263. The van der Waals surface area contributed by atoms with E-state index in [-0.39, 0.29) is 5.56 Å². The first kappa shape index (κ1) is 10.8. The second kappa shape index (κ2) is 3.85. The molecule has 0 aliphatic carbocycles. The van der Waals surface area contributed by atoms with Crippen LogP contribution in [-0.4, -0.2) is 16.8 Å².